The molecule has 0 amide bonds. The van der Waals surface area contributed by atoms with Gasteiger partial charge >= 0.3 is 29.6 Å². The molecular formula is C7H16NNaO6S2. The summed E-state index contributed by atoms with van der Waals surface area (Å²) in [5, 5.41) is 0. The Morgan fingerprint density at radius 1 is 1.18 bits per heavy atom. The third-order valence-electron chi connectivity index (χ3n) is 1.65. The van der Waals surface area contributed by atoms with Crippen LogP contribution in [0.2, 0.25) is 0 Å². The molecule has 0 aliphatic carbocycles. The maximum Gasteiger partial charge on any atom is 1.00 e. The molecule has 0 fully saturated rings. The first-order valence-electron chi connectivity index (χ1n) is 4.63. The van der Waals surface area contributed by atoms with Crippen LogP contribution in [0.4, 0.5) is 0 Å². The summed E-state index contributed by atoms with van der Waals surface area (Å²) < 4.78 is 58.7. The van der Waals surface area contributed by atoms with E-state index in [0.29, 0.717) is 13.0 Å². The van der Waals surface area contributed by atoms with Crippen LogP contribution in [0.3, 0.4) is 0 Å². The standard InChI is InChI=1S/C7H17NO6S2.Na/c1-3-4-8(15(2,9)10)5-6-14-7-16(11,12)13;/h3-7H2,1-2H3,(H,11,12,13);/q;+1/p-1. The second-order valence-corrected chi connectivity index (χ2v) is 6.58. The first-order chi connectivity index (χ1) is 7.17. The van der Waals surface area contributed by atoms with Gasteiger partial charge in [-0.25, -0.2) is 16.8 Å². The number of ether oxygens (including phenoxy) is 1. The molecule has 0 spiro atoms. The molecule has 0 atom stereocenters. The Balaban J connectivity index is 0. The molecule has 0 unspecified atom stereocenters. The predicted molar refractivity (Wildman–Crippen MR) is 57.2 cm³/mol. The van der Waals surface area contributed by atoms with Crippen molar-refractivity contribution in [3.05, 3.63) is 0 Å². The monoisotopic (exact) mass is 297 g/mol. The Morgan fingerprint density at radius 2 is 1.71 bits per heavy atom. The summed E-state index contributed by atoms with van der Waals surface area (Å²) in [5.74, 6) is -0.934. The SMILES string of the molecule is CCCN(CCOCS(=O)(=O)[O-])S(C)(=O)=O.[Na+]. The third kappa shape index (κ3) is 11.6. The number of hydrogen-bond donors (Lipinski definition) is 0. The number of sulfonamides is 1. The van der Waals surface area contributed by atoms with Crippen LogP contribution in [0.15, 0.2) is 0 Å². The molecule has 0 aliphatic rings. The molecule has 0 rings (SSSR count). The first-order valence-corrected chi connectivity index (χ1v) is 8.06. The van der Waals surface area contributed by atoms with Crippen molar-refractivity contribution < 1.29 is 55.7 Å². The fourth-order valence-electron chi connectivity index (χ4n) is 1.02. The van der Waals surface area contributed by atoms with Crippen molar-refractivity contribution in [2.75, 3.05) is 31.9 Å². The third-order valence-corrected chi connectivity index (χ3v) is 3.41. The van der Waals surface area contributed by atoms with E-state index in [2.05, 4.69) is 4.74 Å². The molecule has 0 aromatic carbocycles. The largest absolute Gasteiger partial charge is 1.00 e. The second kappa shape index (κ2) is 8.81. The zero-order valence-electron chi connectivity index (χ0n) is 10.2. The topological polar surface area (TPSA) is 104 Å². The van der Waals surface area contributed by atoms with E-state index in [1.807, 2.05) is 6.92 Å². The molecular weight excluding hydrogens is 281 g/mol. The summed E-state index contributed by atoms with van der Waals surface area (Å²) in [6.07, 6.45) is 1.71. The smallest absolute Gasteiger partial charge is 0.746 e. The molecule has 7 nitrogen and oxygen atoms in total. The quantitative estimate of drug-likeness (QED) is 0.258. The van der Waals surface area contributed by atoms with E-state index < -0.39 is 26.1 Å². The summed E-state index contributed by atoms with van der Waals surface area (Å²) in [6.45, 7) is 2.09. The molecule has 17 heavy (non-hydrogen) atoms. The normalized spacial score (nSPS) is 12.5. The van der Waals surface area contributed by atoms with Gasteiger partial charge in [-0.05, 0) is 6.42 Å². The van der Waals surface area contributed by atoms with E-state index in [1.165, 1.54) is 4.31 Å². The van der Waals surface area contributed by atoms with Gasteiger partial charge in [-0.15, -0.1) is 0 Å². The van der Waals surface area contributed by atoms with E-state index in [9.17, 15) is 21.4 Å². The van der Waals surface area contributed by atoms with E-state index >= 15 is 0 Å². The average molecular weight is 297 g/mol. The van der Waals surface area contributed by atoms with Crippen molar-refractivity contribution >= 4 is 20.1 Å². The molecule has 0 aromatic heterocycles. The Morgan fingerprint density at radius 3 is 2.06 bits per heavy atom. The zero-order chi connectivity index (χ0) is 12.8. The summed E-state index contributed by atoms with van der Waals surface area (Å²) in [4.78, 5) is 0. The van der Waals surface area contributed by atoms with Crippen molar-refractivity contribution in [1.82, 2.24) is 4.31 Å². The molecule has 98 valence electrons. The molecule has 0 aliphatic heterocycles. The van der Waals surface area contributed by atoms with Gasteiger partial charge in [0, 0.05) is 13.1 Å². The fourth-order valence-corrected chi connectivity index (χ4v) is 2.26. The van der Waals surface area contributed by atoms with Gasteiger partial charge < -0.3 is 9.29 Å². The number of rotatable bonds is 8. The summed E-state index contributed by atoms with van der Waals surface area (Å²) in [6, 6.07) is 0. The minimum absolute atomic E-state index is 0. The molecule has 0 saturated carbocycles. The van der Waals surface area contributed by atoms with Crippen LogP contribution in [0, 0.1) is 0 Å². The van der Waals surface area contributed by atoms with Gasteiger partial charge in [0.05, 0.1) is 12.9 Å². The minimum Gasteiger partial charge on any atom is -0.746 e. The van der Waals surface area contributed by atoms with Gasteiger partial charge in [0.15, 0.2) is 0 Å². The molecule has 0 saturated heterocycles. The van der Waals surface area contributed by atoms with Crippen LogP contribution in [-0.2, 0) is 24.9 Å². The van der Waals surface area contributed by atoms with Gasteiger partial charge in [0.1, 0.15) is 16.1 Å². The Kier molecular flexibility index (Phi) is 10.4. The Hall–Kier alpha value is 0.780. The van der Waals surface area contributed by atoms with Crippen molar-refractivity contribution in [3.63, 3.8) is 0 Å². The van der Waals surface area contributed by atoms with Crippen LogP contribution in [-0.4, -0.2) is 57.6 Å². The Bertz CT molecular complexity index is 393. The van der Waals surface area contributed by atoms with Gasteiger partial charge in [-0.2, -0.15) is 4.31 Å². The summed E-state index contributed by atoms with van der Waals surface area (Å²) >= 11 is 0. The predicted octanol–water partition coefficient (Wildman–Crippen LogP) is -3.82. The maximum atomic E-state index is 11.2. The van der Waals surface area contributed by atoms with Crippen LogP contribution in [0.25, 0.3) is 0 Å². The van der Waals surface area contributed by atoms with Gasteiger partial charge in [0.2, 0.25) is 10.0 Å². The average Bonchev–Trinajstić information content (AvgIpc) is 2.06. The van der Waals surface area contributed by atoms with Crippen molar-refractivity contribution in [2.45, 2.75) is 13.3 Å². The minimum atomic E-state index is -4.41. The second-order valence-electron chi connectivity index (χ2n) is 3.25. The van der Waals surface area contributed by atoms with Crippen molar-refractivity contribution in [2.24, 2.45) is 0 Å². The molecule has 0 bridgehead atoms. The Labute approximate surface area is 125 Å². The molecule has 0 radical (unpaired) electrons. The van der Waals surface area contributed by atoms with Crippen LogP contribution >= 0.6 is 0 Å². The van der Waals surface area contributed by atoms with Crippen LogP contribution < -0.4 is 29.6 Å². The van der Waals surface area contributed by atoms with Crippen molar-refractivity contribution in [1.29, 1.82) is 0 Å². The van der Waals surface area contributed by atoms with E-state index in [-0.39, 0.29) is 42.7 Å². The van der Waals surface area contributed by atoms with E-state index in [1.54, 1.807) is 0 Å². The van der Waals surface area contributed by atoms with Crippen molar-refractivity contribution in [3.8, 4) is 0 Å². The summed E-state index contributed by atoms with van der Waals surface area (Å²) in [5.41, 5.74) is 0. The van der Waals surface area contributed by atoms with E-state index in [4.69, 9.17) is 0 Å². The molecule has 0 N–H and O–H groups in total. The van der Waals surface area contributed by atoms with Crippen LogP contribution in [0.1, 0.15) is 13.3 Å². The molecule has 0 aromatic rings. The van der Waals surface area contributed by atoms with Gasteiger partial charge in [-0.1, -0.05) is 6.92 Å². The van der Waals surface area contributed by atoms with Gasteiger partial charge in [-0.3, -0.25) is 0 Å². The number of hydrogen-bond acceptors (Lipinski definition) is 6. The molecule has 10 heteroatoms. The maximum absolute atomic E-state index is 11.2. The van der Waals surface area contributed by atoms with Gasteiger partial charge in [0.25, 0.3) is 0 Å². The zero-order valence-corrected chi connectivity index (χ0v) is 13.9. The van der Waals surface area contributed by atoms with E-state index in [0.717, 1.165) is 6.26 Å². The number of nitrogens with zero attached hydrogens (tertiary/aromatic N) is 1. The summed E-state index contributed by atoms with van der Waals surface area (Å²) in [7, 11) is -7.73. The first kappa shape index (κ1) is 20.1. The van der Waals surface area contributed by atoms with Crippen LogP contribution in [0.5, 0.6) is 0 Å². The fraction of sp³-hybridized carbons (Fsp3) is 1.00. The molecule has 0 heterocycles.